The van der Waals surface area contributed by atoms with Crippen molar-refractivity contribution in [2.24, 2.45) is 5.41 Å². The van der Waals surface area contributed by atoms with Gasteiger partial charge in [-0.25, -0.2) is 8.78 Å². The summed E-state index contributed by atoms with van der Waals surface area (Å²) in [6.45, 7) is 7.48. The molecular weight excluding hydrogens is 318 g/mol. The summed E-state index contributed by atoms with van der Waals surface area (Å²) < 4.78 is 42.9. The van der Waals surface area contributed by atoms with Gasteiger partial charge in [0.25, 0.3) is 0 Å². The molecule has 0 radical (unpaired) electrons. The zero-order valence-corrected chi connectivity index (χ0v) is 14.7. The number of halogens is 2. The van der Waals surface area contributed by atoms with Gasteiger partial charge in [0.2, 0.25) is 0 Å². The predicted octanol–water partition coefficient (Wildman–Crippen LogP) is 2.98. The first kappa shape index (κ1) is 17.1. The molecule has 128 valence electrons. The highest BCUT2D eigenvalue weighted by molar-refractivity contribution is 7.90. The molecule has 1 unspecified atom stereocenters. The lowest BCUT2D eigenvalue weighted by atomic mass is 9.73. The fourth-order valence-corrected chi connectivity index (χ4v) is 4.64. The summed E-state index contributed by atoms with van der Waals surface area (Å²) in [6, 6.07) is 2.41. The number of nitrogens with one attached hydrogen (secondary N) is 2. The molecule has 2 N–H and O–H groups in total. The number of benzene rings is 1. The number of piperidine rings is 1. The fraction of sp³-hybridized carbons (Fsp3) is 0.647. The first-order valence-electron chi connectivity index (χ1n) is 8.09. The van der Waals surface area contributed by atoms with Crippen LogP contribution >= 0.6 is 0 Å². The smallest absolute Gasteiger partial charge is 0.159 e. The van der Waals surface area contributed by atoms with Crippen LogP contribution in [0.2, 0.25) is 0 Å². The fourth-order valence-electron chi connectivity index (χ4n) is 3.70. The molecule has 0 saturated carbocycles. The monoisotopic (exact) mass is 342 g/mol. The number of hydrogen-bond acceptors (Lipinski definition) is 3. The third-order valence-corrected chi connectivity index (χ3v) is 6.59. The lowest BCUT2D eigenvalue weighted by Crippen LogP contribution is -2.48. The largest absolute Gasteiger partial charge is 0.598 e. The molecule has 2 aliphatic rings. The van der Waals surface area contributed by atoms with Gasteiger partial charge in [0.15, 0.2) is 11.6 Å². The quantitative estimate of drug-likeness (QED) is 0.813. The Morgan fingerprint density at radius 2 is 1.83 bits per heavy atom. The SMILES string of the molecule is CC(C)(C)[S+]([O-])N[C@@H]1c2cc(F)c(F)cc2CC12CCNCC2. The van der Waals surface area contributed by atoms with Crippen LogP contribution in [-0.4, -0.2) is 22.4 Å². The summed E-state index contributed by atoms with van der Waals surface area (Å²) >= 11 is -1.26. The Morgan fingerprint density at radius 3 is 2.43 bits per heavy atom. The van der Waals surface area contributed by atoms with Crippen molar-refractivity contribution in [1.29, 1.82) is 0 Å². The van der Waals surface area contributed by atoms with Gasteiger partial charge < -0.3 is 9.87 Å². The van der Waals surface area contributed by atoms with Gasteiger partial charge in [-0.15, -0.1) is 4.72 Å². The van der Waals surface area contributed by atoms with Gasteiger partial charge in [0.1, 0.15) is 4.75 Å². The molecule has 23 heavy (non-hydrogen) atoms. The maximum Gasteiger partial charge on any atom is 0.159 e. The summed E-state index contributed by atoms with van der Waals surface area (Å²) in [5.74, 6) is -1.63. The van der Waals surface area contributed by atoms with Crippen LogP contribution in [0.1, 0.15) is 50.8 Å². The Bertz CT molecular complexity index is 597. The van der Waals surface area contributed by atoms with Gasteiger partial charge in [0, 0.05) is 16.8 Å². The van der Waals surface area contributed by atoms with Crippen molar-refractivity contribution < 1.29 is 13.3 Å². The normalized spacial score (nSPS) is 24.7. The van der Waals surface area contributed by atoms with E-state index in [0.717, 1.165) is 37.1 Å². The van der Waals surface area contributed by atoms with Gasteiger partial charge in [0.05, 0.1) is 6.04 Å². The maximum atomic E-state index is 13.8. The van der Waals surface area contributed by atoms with E-state index in [9.17, 15) is 13.3 Å². The van der Waals surface area contributed by atoms with Crippen molar-refractivity contribution in [3.63, 3.8) is 0 Å². The Kier molecular flexibility index (Phi) is 4.46. The highest BCUT2D eigenvalue weighted by Crippen LogP contribution is 2.52. The molecule has 1 heterocycles. The molecule has 6 heteroatoms. The highest BCUT2D eigenvalue weighted by Gasteiger charge is 2.49. The van der Waals surface area contributed by atoms with Crippen LogP contribution in [0.3, 0.4) is 0 Å². The van der Waals surface area contributed by atoms with E-state index < -0.39 is 27.7 Å². The Balaban J connectivity index is 1.99. The lowest BCUT2D eigenvalue weighted by Gasteiger charge is -2.40. The molecule has 1 aliphatic heterocycles. The van der Waals surface area contributed by atoms with Crippen molar-refractivity contribution >= 4 is 11.4 Å². The van der Waals surface area contributed by atoms with Gasteiger partial charge in [-0.1, -0.05) is 0 Å². The third-order valence-electron chi connectivity index (χ3n) is 5.03. The molecule has 3 rings (SSSR count). The van der Waals surface area contributed by atoms with Crippen molar-refractivity contribution in [3.8, 4) is 0 Å². The number of fused-ring (bicyclic) bond motifs is 1. The van der Waals surface area contributed by atoms with E-state index in [-0.39, 0.29) is 11.5 Å². The minimum atomic E-state index is -1.26. The summed E-state index contributed by atoms with van der Waals surface area (Å²) in [5.41, 5.74) is 1.49. The molecule has 1 aromatic carbocycles. The second-order valence-corrected chi connectivity index (χ2v) is 9.68. The van der Waals surface area contributed by atoms with Crippen LogP contribution in [0.25, 0.3) is 0 Å². The molecule has 0 bridgehead atoms. The lowest BCUT2D eigenvalue weighted by molar-refractivity contribution is 0.163. The van der Waals surface area contributed by atoms with E-state index in [1.165, 1.54) is 12.1 Å². The second kappa shape index (κ2) is 5.99. The average molecular weight is 342 g/mol. The number of hydrogen-bond donors (Lipinski definition) is 2. The summed E-state index contributed by atoms with van der Waals surface area (Å²) in [5, 5.41) is 3.34. The Hall–Kier alpha value is -0.690. The van der Waals surface area contributed by atoms with E-state index in [1.54, 1.807) is 0 Å². The zero-order valence-electron chi connectivity index (χ0n) is 13.8. The average Bonchev–Trinajstić information content (AvgIpc) is 2.73. The molecule has 1 aromatic rings. The maximum absolute atomic E-state index is 13.8. The van der Waals surface area contributed by atoms with Crippen LogP contribution in [0.15, 0.2) is 12.1 Å². The minimum Gasteiger partial charge on any atom is -0.598 e. The van der Waals surface area contributed by atoms with E-state index in [1.807, 2.05) is 20.8 Å². The molecule has 2 atom stereocenters. The summed E-state index contributed by atoms with van der Waals surface area (Å²) in [4.78, 5) is 0. The van der Waals surface area contributed by atoms with Crippen LogP contribution in [0, 0.1) is 17.0 Å². The topological polar surface area (TPSA) is 47.1 Å². The zero-order chi connectivity index (χ0) is 16.8. The van der Waals surface area contributed by atoms with Crippen molar-refractivity contribution in [2.45, 2.75) is 50.8 Å². The number of rotatable bonds is 2. The first-order valence-corrected chi connectivity index (χ1v) is 9.24. The standard InChI is InChI=1S/C17H24F2N2OS/c1-16(2,3)23(22)21-15-12-9-14(19)13(18)8-11(12)10-17(15)4-6-20-7-5-17/h8-9,15,20-21H,4-7,10H2,1-3H3/t15-,23?/m1/s1. The van der Waals surface area contributed by atoms with Crippen molar-refractivity contribution in [1.82, 2.24) is 10.0 Å². The van der Waals surface area contributed by atoms with Crippen LogP contribution in [0.5, 0.6) is 0 Å². The Morgan fingerprint density at radius 1 is 1.22 bits per heavy atom. The highest BCUT2D eigenvalue weighted by atomic mass is 32.2. The molecule has 1 fully saturated rings. The predicted molar refractivity (Wildman–Crippen MR) is 88.4 cm³/mol. The molecule has 1 aliphatic carbocycles. The minimum absolute atomic E-state index is 0.116. The van der Waals surface area contributed by atoms with E-state index in [0.29, 0.717) is 6.42 Å². The van der Waals surface area contributed by atoms with E-state index in [2.05, 4.69) is 10.0 Å². The van der Waals surface area contributed by atoms with Crippen LogP contribution < -0.4 is 10.0 Å². The van der Waals surface area contributed by atoms with Gasteiger partial charge in [-0.2, -0.15) is 0 Å². The summed E-state index contributed by atoms with van der Waals surface area (Å²) in [6.07, 6.45) is 2.52. The first-order chi connectivity index (χ1) is 10.7. The van der Waals surface area contributed by atoms with Crippen LogP contribution in [0.4, 0.5) is 8.78 Å². The Labute approximate surface area is 139 Å². The van der Waals surface area contributed by atoms with Gasteiger partial charge in [-0.3, -0.25) is 0 Å². The molecule has 1 saturated heterocycles. The molecule has 0 amide bonds. The molecule has 3 nitrogen and oxygen atoms in total. The second-order valence-electron chi connectivity index (χ2n) is 7.69. The summed E-state index contributed by atoms with van der Waals surface area (Å²) in [7, 11) is 0. The van der Waals surface area contributed by atoms with Crippen molar-refractivity contribution in [3.05, 3.63) is 34.9 Å². The van der Waals surface area contributed by atoms with Crippen molar-refractivity contribution in [2.75, 3.05) is 13.1 Å². The van der Waals surface area contributed by atoms with Gasteiger partial charge >= 0.3 is 0 Å². The van der Waals surface area contributed by atoms with E-state index >= 15 is 0 Å². The molecule has 0 aromatic heterocycles. The van der Waals surface area contributed by atoms with E-state index in [4.69, 9.17) is 0 Å². The van der Waals surface area contributed by atoms with Crippen LogP contribution in [-0.2, 0) is 17.8 Å². The molecule has 1 spiro atoms. The third kappa shape index (κ3) is 3.14. The molecular formula is C17H24F2N2OS. The van der Waals surface area contributed by atoms with Gasteiger partial charge in [-0.05, 0) is 76.4 Å².